The van der Waals surface area contributed by atoms with Gasteiger partial charge < -0.3 is 9.73 Å². The zero-order chi connectivity index (χ0) is 12.5. The van der Waals surface area contributed by atoms with Crippen LogP contribution < -0.4 is 5.32 Å². The third-order valence-electron chi connectivity index (χ3n) is 2.35. The predicted octanol–water partition coefficient (Wildman–Crippen LogP) is -0.458. The van der Waals surface area contributed by atoms with Crippen LogP contribution in [-0.4, -0.2) is 37.3 Å². The van der Waals surface area contributed by atoms with Crippen molar-refractivity contribution in [3.8, 4) is 0 Å². The van der Waals surface area contributed by atoms with Gasteiger partial charge in [-0.1, -0.05) is 5.10 Å². The molecule has 1 N–H and O–H groups in total. The minimum Gasteiger partial charge on any atom is -0.412 e. The van der Waals surface area contributed by atoms with Gasteiger partial charge in [0.25, 0.3) is 0 Å². The van der Waals surface area contributed by atoms with Crippen LogP contribution in [0.15, 0.2) is 9.64 Å². The first kappa shape index (κ1) is 12.0. The van der Waals surface area contributed by atoms with Crippen LogP contribution in [0, 0.1) is 5.92 Å². The van der Waals surface area contributed by atoms with E-state index in [-0.39, 0.29) is 22.9 Å². The first-order valence-electron chi connectivity index (χ1n) is 5.27. The van der Waals surface area contributed by atoms with Crippen LogP contribution in [0.3, 0.4) is 0 Å². The van der Waals surface area contributed by atoms with Gasteiger partial charge in [0.1, 0.15) is 0 Å². The first-order chi connectivity index (χ1) is 7.97. The maximum atomic E-state index is 11.3. The van der Waals surface area contributed by atoms with Crippen molar-refractivity contribution in [1.29, 1.82) is 0 Å². The van der Waals surface area contributed by atoms with E-state index in [1.165, 1.54) is 0 Å². The minimum absolute atomic E-state index is 0.0350. The summed E-state index contributed by atoms with van der Waals surface area (Å²) in [6.45, 7) is 0.376. The molecule has 1 fully saturated rings. The fourth-order valence-corrected chi connectivity index (χ4v) is 1.71. The van der Waals surface area contributed by atoms with Gasteiger partial charge in [0.15, 0.2) is 0 Å². The summed E-state index contributed by atoms with van der Waals surface area (Å²) in [5.74, 6) is 0.402. The topological polar surface area (TPSA) is 102 Å². The number of carbonyl (C=O) groups excluding carboxylic acids is 1. The Morgan fingerprint density at radius 3 is 2.71 bits per heavy atom. The number of rotatable bonds is 5. The normalized spacial score (nSPS) is 15.8. The lowest BCUT2D eigenvalue weighted by Crippen LogP contribution is -2.26. The lowest BCUT2D eigenvalue weighted by molar-refractivity contribution is -0.122. The molecule has 1 aromatic heterocycles. The molecule has 1 heterocycles. The number of nitrogens with zero attached hydrogens (tertiary/aromatic N) is 2. The van der Waals surface area contributed by atoms with E-state index in [9.17, 15) is 13.2 Å². The molecule has 94 valence electrons. The fourth-order valence-electron chi connectivity index (χ4n) is 1.27. The average molecular weight is 259 g/mol. The van der Waals surface area contributed by atoms with Crippen LogP contribution in [0.5, 0.6) is 0 Å². The van der Waals surface area contributed by atoms with Crippen LogP contribution in [-0.2, 0) is 21.1 Å². The van der Waals surface area contributed by atoms with Crippen LogP contribution in [0.25, 0.3) is 0 Å². The summed E-state index contributed by atoms with van der Waals surface area (Å²) >= 11 is 0. The lowest BCUT2D eigenvalue weighted by Gasteiger charge is -2.00. The van der Waals surface area contributed by atoms with E-state index in [1.54, 1.807) is 0 Å². The average Bonchev–Trinajstić information content (AvgIpc) is 2.97. The maximum Gasteiger partial charge on any atom is 0.335 e. The van der Waals surface area contributed by atoms with Crippen molar-refractivity contribution >= 4 is 15.7 Å². The third-order valence-corrected chi connectivity index (χ3v) is 3.15. The molecule has 8 heteroatoms. The minimum atomic E-state index is -3.45. The van der Waals surface area contributed by atoms with E-state index in [4.69, 9.17) is 4.42 Å². The zero-order valence-electron chi connectivity index (χ0n) is 9.34. The van der Waals surface area contributed by atoms with Gasteiger partial charge in [0, 0.05) is 25.1 Å². The third kappa shape index (κ3) is 3.26. The molecule has 1 amide bonds. The zero-order valence-corrected chi connectivity index (χ0v) is 10.2. The Morgan fingerprint density at radius 1 is 1.47 bits per heavy atom. The first-order valence-corrected chi connectivity index (χ1v) is 7.16. The molecule has 1 aromatic rings. The van der Waals surface area contributed by atoms with Crippen molar-refractivity contribution in [1.82, 2.24) is 15.5 Å². The van der Waals surface area contributed by atoms with Gasteiger partial charge >= 0.3 is 5.22 Å². The highest BCUT2D eigenvalue weighted by atomic mass is 32.2. The largest absolute Gasteiger partial charge is 0.412 e. The van der Waals surface area contributed by atoms with E-state index < -0.39 is 9.84 Å². The molecule has 0 spiro atoms. The van der Waals surface area contributed by atoms with Gasteiger partial charge in [0.2, 0.25) is 21.6 Å². The molecule has 0 atom stereocenters. The molecule has 1 aliphatic carbocycles. The van der Waals surface area contributed by atoms with E-state index >= 15 is 0 Å². The predicted molar refractivity (Wildman–Crippen MR) is 56.8 cm³/mol. The lowest BCUT2D eigenvalue weighted by atomic mass is 10.3. The molecule has 0 unspecified atom stereocenters. The molecule has 0 saturated heterocycles. The second kappa shape index (κ2) is 4.44. The Bertz CT molecular complexity index is 518. The van der Waals surface area contributed by atoms with E-state index in [1.807, 2.05) is 0 Å². The van der Waals surface area contributed by atoms with Crippen LogP contribution in [0.1, 0.15) is 18.7 Å². The van der Waals surface area contributed by atoms with Crippen molar-refractivity contribution < 1.29 is 17.6 Å². The molecule has 0 aromatic carbocycles. The number of aromatic nitrogens is 2. The smallest absolute Gasteiger partial charge is 0.335 e. The number of amides is 1. The second-order valence-corrected chi connectivity index (χ2v) is 5.94. The van der Waals surface area contributed by atoms with Gasteiger partial charge in [-0.2, -0.15) is 0 Å². The molecule has 1 aliphatic rings. The summed E-state index contributed by atoms with van der Waals surface area (Å²) in [6, 6.07) is 0. The van der Waals surface area contributed by atoms with Crippen LogP contribution >= 0.6 is 0 Å². The van der Waals surface area contributed by atoms with Crippen molar-refractivity contribution in [3.05, 3.63) is 5.89 Å². The summed E-state index contributed by atoms with van der Waals surface area (Å²) in [6.07, 6.45) is 3.23. The summed E-state index contributed by atoms with van der Waals surface area (Å²) in [5.41, 5.74) is 0. The van der Waals surface area contributed by atoms with E-state index in [0.29, 0.717) is 13.0 Å². The molecule has 17 heavy (non-hydrogen) atoms. The molecular weight excluding hydrogens is 246 g/mol. The summed E-state index contributed by atoms with van der Waals surface area (Å²) in [7, 11) is -3.45. The van der Waals surface area contributed by atoms with Gasteiger partial charge in [0.05, 0.1) is 0 Å². The Morgan fingerprint density at radius 2 is 2.18 bits per heavy atom. The Balaban J connectivity index is 1.83. The van der Waals surface area contributed by atoms with Crippen molar-refractivity contribution in [2.75, 3.05) is 12.8 Å². The summed E-state index contributed by atoms with van der Waals surface area (Å²) < 4.78 is 27.1. The van der Waals surface area contributed by atoms with Gasteiger partial charge in [-0.25, -0.2) is 8.42 Å². The highest BCUT2D eigenvalue weighted by molar-refractivity contribution is 7.90. The molecule has 0 aliphatic heterocycles. The number of hydrogen-bond donors (Lipinski definition) is 1. The highest BCUT2D eigenvalue weighted by Crippen LogP contribution is 2.28. The number of nitrogens with one attached hydrogen (secondary N) is 1. The van der Waals surface area contributed by atoms with Crippen molar-refractivity contribution in [2.24, 2.45) is 5.92 Å². The number of carbonyl (C=O) groups is 1. The second-order valence-electron chi connectivity index (χ2n) is 4.05. The monoisotopic (exact) mass is 259 g/mol. The molecule has 0 radical (unpaired) electrons. The summed E-state index contributed by atoms with van der Waals surface area (Å²) in [5, 5.41) is 9.35. The van der Waals surface area contributed by atoms with Gasteiger partial charge in [-0.05, 0) is 12.8 Å². The van der Waals surface area contributed by atoms with Gasteiger partial charge in [-0.3, -0.25) is 4.79 Å². The van der Waals surface area contributed by atoms with Crippen LogP contribution in [0.2, 0.25) is 0 Å². The molecule has 7 nitrogen and oxygen atoms in total. The Hall–Kier alpha value is -1.44. The van der Waals surface area contributed by atoms with Crippen LogP contribution in [0.4, 0.5) is 0 Å². The van der Waals surface area contributed by atoms with Gasteiger partial charge in [-0.15, -0.1) is 5.10 Å². The quantitative estimate of drug-likeness (QED) is 0.767. The molecular formula is C9H13N3O4S. The Kier molecular flexibility index (Phi) is 3.14. The molecule has 2 rings (SSSR count). The standard InChI is InChI=1S/C9H13N3O4S/c1-17(14,15)9-12-11-7(16-9)4-5-10-8(13)6-2-3-6/h6H,2-5H2,1H3,(H,10,13). The molecule has 0 bridgehead atoms. The fraction of sp³-hybridized carbons (Fsp3) is 0.667. The Labute approximate surface area is 98.5 Å². The molecule has 1 saturated carbocycles. The van der Waals surface area contributed by atoms with E-state index in [2.05, 4.69) is 15.5 Å². The maximum absolute atomic E-state index is 11.3. The highest BCUT2D eigenvalue weighted by Gasteiger charge is 2.29. The van der Waals surface area contributed by atoms with Crippen molar-refractivity contribution in [2.45, 2.75) is 24.5 Å². The number of hydrogen-bond acceptors (Lipinski definition) is 6. The van der Waals surface area contributed by atoms with Crippen molar-refractivity contribution in [3.63, 3.8) is 0 Å². The number of sulfone groups is 1. The van der Waals surface area contributed by atoms with E-state index in [0.717, 1.165) is 19.1 Å². The summed E-state index contributed by atoms with van der Waals surface area (Å²) in [4.78, 5) is 11.3. The SMILES string of the molecule is CS(=O)(=O)c1nnc(CCNC(=O)C2CC2)o1.